The smallest absolute Gasteiger partial charge is 0.243 e. The van der Waals surface area contributed by atoms with Gasteiger partial charge >= 0.3 is 0 Å². The van der Waals surface area contributed by atoms with E-state index in [2.05, 4.69) is 10.6 Å². The molecule has 0 saturated heterocycles. The highest BCUT2D eigenvalue weighted by atomic mass is 35.5. The van der Waals surface area contributed by atoms with Crippen LogP contribution in [-0.2, 0) is 9.59 Å². The molecular weight excluding hydrogens is 326 g/mol. The Morgan fingerprint density at radius 2 is 1.92 bits per heavy atom. The summed E-state index contributed by atoms with van der Waals surface area (Å²) in [6.07, 6.45) is 5.82. The highest BCUT2D eigenvalue weighted by Gasteiger charge is 2.32. The van der Waals surface area contributed by atoms with Crippen LogP contribution in [0.3, 0.4) is 0 Å². The molecule has 1 fully saturated rings. The van der Waals surface area contributed by atoms with Crippen molar-refractivity contribution in [3.05, 3.63) is 28.8 Å². The predicted molar refractivity (Wildman–Crippen MR) is 97.0 cm³/mol. The van der Waals surface area contributed by atoms with Crippen molar-refractivity contribution in [1.29, 1.82) is 0 Å². The molecule has 24 heavy (non-hydrogen) atoms. The van der Waals surface area contributed by atoms with E-state index in [4.69, 9.17) is 17.3 Å². The van der Waals surface area contributed by atoms with E-state index < -0.39 is 0 Å². The number of hydrogen-bond donors (Lipinski definition) is 3. The summed E-state index contributed by atoms with van der Waals surface area (Å²) in [4.78, 5) is 24.2. The molecule has 5 nitrogen and oxygen atoms in total. The lowest BCUT2D eigenvalue weighted by Gasteiger charge is -2.35. The van der Waals surface area contributed by atoms with Crippen molar-refractivity contribution >= 4 is 29.1 Å². The average Bonchev–Trinajstić information content (AvgIpc) is 2.56. The van der Waals surface area contributed by atoms with Gasteiger partial charge in [0, 0.05) is 6.42 Å². The molecule has 0 aromatic heterocycles. The van der Waals surface area contributed by atoms with Crippen molar-refractivity contribution < 1.29 is 9.59 Å². The van der Waals surface area contributed by atoms with Crippen LogP contribution in [0.25, 0.3) is 0 Å². The predicted octanol–water partition coefficient (Wildman–Crippen LogP) is 3.00. The summed E-state index contributed by atoms with van der Waals surface area (Å²) >= 11 is 6.09. The Morgan fingerprint density at radius 3 is 2.54 bits per heavy atom. The Morgan fingerprint density at radius 1 is 1.21 bits per heavy atom. The molecule has 1 aromatic rings. The average molecular weight is 352 g/mol. The van der Waals surface area contributed by atoms with Gasteiger partial charge in [-0.05, 0) is 49.4 Å². The van der Waals surface area contributed by atoms with Crippen LogP contribution in [0.2, 0.25) is 5.02 Å². The molecule has 2 rings (SSSR count). The van der Waals surface area contributed by atoms with Crippen molar-refractivity contribution in [2.75, 3.05) is 18.4 Å². The first-order chi connectivity index (χ1) is 11.4. The molecule has 0 aliphatic heterocycles. The van der Waals surface area contributed by atoms with Gasteiger partial charge in [-0.15, -0.1) is 0 Å². The first-order valence-corrected chi connectivity index (χ1v) is 8.85. The van der Waals surface area contributed by atoms with E-state index in [-0.39, 0.29) is 23.8 Å². The van der Waals surface area contributed by atoms with Gasteiger partial charge < -0.3 is 16.4 Å². The molecule has 0 radical (unpaired) electrons. The number of carbonyl (C=O) groups is 2. The Labute approximate surface area is 148 Å². The maximum Gasteiger partial charge on any atom is 0.243 e. The van der Waals surface area contributed by atoms with E-state index >= 15 is 0 Å². The Bertz CT molecular complexity index is 598. The quantitative estimate of drug-likeness (QED) is 0.736. The molecule has 4 N–H and O–H groups in total. The summed E-state index contributed by atoms with van der Waals surface area (Å²) in [6.45, 7) is 2.38. The SMILES string of the molecule is Cc1ccc(NC(=O)CNC(=O)CC2(CN)CCCCC2)c(Cl)c1. The van der Waals surface area contributed by atoms with Crippen molar-refractivity contribution in [2.45, 2.75) is 45.4 Å². The van der Waals surface area contributed by atoms with Gasteiger partial charge in [0.1, 0.15) is 0 Å². The topological polar surface area (TPSA) is 84.2 Å². The van der Waals surface area contributed by atoms with E-state index in [1.54, 1.807) is 12.1 Å². The van der Waals surface area contributed by atoms with Crippen LogP contribution < -0.4 is 16.4 Å². The second kappa shape index (κ2) is 8.49. The molecule has 132 valence electrons. The Hall–Kier alpha value is -1.59. The summed E-state index contributed by atoms with van der Waals surface area (Å²) < 4.78 is 0. The highest BCUT2D eigenvalue weighted by Crippen LogP contribution is 2.38. The van der Waals surface area contributed by atoms with Gasteiger partial charge in [-0.3, -0.25) is 9.59 Å². The normalized spacial score (nSPS) is 16.5. The largest absolute Gasteiger partial charge is 0.347 e. The fourth-order valence-corrected chi connectivity index (χ4v) is 3.54. The van der Waals surface area contributed by atoms with Crippen molar-refractivity contribution in [1.82, 2.24) is 5.32 Å². The summed E-state index contributed by atoms with van der Waals surface area (Å²) in [5, 5.41) is 5.89. The molecule has 0 spiro atoms. The number of nitrogens with two attached hydrogens (primary N) is 1. The van der Waals surface area contributed by atoms with Gasteiger partial charge in [-0.25, -0.2) is 0 Å². The Kier molecular flexibility index (Phi) is 6.63. The monoisotopic (exact) mass is 351 g/mol. The maximum absolute atomic E-state index is 12.2. The molecule has 1 aliphatic rings. The number of halogens is 1. The van der Waals surface area contributed by atoms with Crippen LogP contribution in [0.4, 0.5) is 5.69 Å². The van der Waals surface area contributed by atoms with Crippen LogP contribution in [-0.4, -0.2) is 24.9 Å². The third-order valence-electron chi connectivity index (χ3n) is 4.73. The summed E-state index contributed by atoms with van der Waals surface area (Å²) in [6, 6.07) is 5.40. The van der Waals surface area contributed by atoms with Gasteiger partial charge in [0.2, 0.25) is 11.8 Å². The number of anilines is 1. The van der Waals surface area contributed by atoms with Crippen molar-refractivity contribution in [3.63, 3.8) is 0 Å². The molecule has 0 unspecified atom stereocenters. The van der Waals surface area contributed by atoms with E-state index in [0.717, 1.165) is 31.2 Å². The molecule has 6 heteroatoms. The lowest BCUT2D eigenvalue weighted by Crippen LogP contribution is -2.40. The van der Waals surface area contributed by atoms with E-state index in [0.29, 0.717) is 23.7 Å². The zero-order valence-corrected chi connectivity index (χ0v) is 14.9. The van der Waals surface area contributed by atoms with E-state index in [1.807, 2.05) is 13.0 Å². The van der Waals surface area contributed by atoms with Gasteiger partial charge in [0.25, 0.3) is 0 Å². The van der Waals surface area contributed by atoms with Crippen molar-refractivity contribution in [2.24, 2.45) is 11.1 Å². The fraction of sp³-hybridized carbons (Fsp3) is 0.556. The number of amides is 2. The van der Waals surface area contributed by atoms with Crippen LogP contribution in [0.1, 0.15) is 44.1 Å². The lowest BCUT2D eigenvalue weighted by molar-refractivity contribution is -0.126. The molecule has 2 amide bonds. The first-order valence-electron chi connectivity index (χ1n) is 8.47. The van der Waals surface area contributed by atoms with Crippen LogP contribution in [0.15, 0.2) is 18.2 Å². The lowest BCUT2D eigenvalue weighted by atomic mass is 9.71. The second-order valence-electron chi connectivity index (χ2n) is 6.75. The van der Waals surface area contributed by atoms with Gasteiger partial charge in [0.15, 0.2) is 0 Å². The van der Waals surface area contributed by atoms with E-state index in [9.17, 15) is 9.59 Å². The number of aryl methyl sites for hydroxylation is 1. The third-order valence-corrected chi connectivity index (χ3v) is 5.04. The summed E-state index contributed by atoms with van der Waals surface area (Å²) in [7, 11) is 0. The minimum atomic E-state index is -0.292. The zero-order chi connectivity index (χ0) is 17.6. The Balaban J connectivity index is 1.81. The number of hydrogen-bond acceptors (Lipinski definition) is 3. The summed E-state index contributed by atoms with van der Waals surface area (Å²) in [5.74, 6) is -0.410. The number of benzene rings is 1. The number of nitrogens with one attached hydrogen (secondary N) is 2. The standard InChI is InChI=1S/C18H26ClN3O2/c1-13-5-6-15(14(19)9-13)22-17(24)11-21-16(23)10-18(12-20)7-3-2-4-8-18/h5-6,9H,2-4,7-8,10-12,20H2,1H3,(H,21,23)(H,22,24). The molecule has 1 aromatic carbocycles. The van der Waals surface area contributed by atoms with E-state index in [1.165, 1.54) is 6.42 Å². The van der Waals surface area contributed by atoms with Crippen LogP contribution in [0.5, 0.6) is 0 Å². The fourth-order valence-electron chi connectivity index (χ4n) is 3.25. The van der Waals surface area contributed by atoms with Crippen LogP contribution in [0, 0.1) is 12.3 Å². The van der Waals surface area contributed by atoms with Gasteiger partial charge in [0.05, 0.1) is 17.3 Å². The number of carbonyl (C=O) groups excluding carboxylic acids is 2. The molecule has 0 bridgehead atoms. The third kappa shape index (κ3) is 5.21. The van der Waals surface area contributed by atoms with Crippen LogP contribution >= 0.6 is 11.6 Å². The highest BCUT2D eigenvalue weighted by molar-refractivity contribution is 6.33. The van der Waals surface area contributed by atoms with Crippen molar-refractivity contribution in [3.8, 4) is 0 Å². The minimum absolute atomic E-state index is 0.0658. The number of rotatable bonds is 6. The minimum Gasteiger partial charge on any atom is -0.347 e. The molecule has 1 aliphatic carbocycles. The molecular formula is C18H26ClN3O2. The van der Waals surface area contributed by atoms with Gasteiger partial charge in [-0.1, -0.05) is 36.9 Å². The first kappa shape index (κ1) is 18.7. The second-order valence-corrected chi connectivity index (χ2v) is 7.16. The zero-order valence-electron chi connectivity index (χ0n) is 14.2. The molecule has 0 heterocycles. The van der Waals surface area contributed by atoms with Gasteiger partial charge in [-0.2, -0.15) is 0 Å². The summed E-state index contributed by atoms with van der Waals surface area (Å²) in [5.41, 5.74) is 7.37. The maximum atomic E-state index is 12.2. The molecule has 1 saturated carbocycles. The molecule has 0 atom stereocenters.